The fourth-order valence-corrected chi connectivity index (χ4v) is 3.56. The molecule has 0 heteroatoms. The Bertz CT molecular complexity index is 132. The van der Waals surface area contributed by atoms with Crippen molar-refractivity contribution >= 4 is 0 Å². The summed E-state index contributed by atoms with van der Waals surface area (Å²) in [5.74, 6) is 2.25. The Morgan fingerprint density at radius 2 is 0.643 bits per heavy atom. The Labute approximate surface area is 89.5 Å². The second kappa shape index (κ2) is 5.78. The lowest BCUT2D eigenvalue weighted by Crippen LogP contribution is -2.20. The maximum Gasteiger partial charge on any atom is -0.0386 e. The van der Waals surface area contributed by atoms with E-state index in [1.807, 2.05) is 0 Å². The van der Waals surface area contributed by atoms with Crippen molar-refractivity contribution in [3.8, 4) is 0 Å². The summed E-state index contributed by atoms with van der Waals surface area (Å²) in [6, 6.07) is 0. The molecule has 14 heavy (non-hydrogen) atoms. The summed E-state index contributed by atoms with van der Waals surface area (Å²) >= 11 is 0. The fraction of sp³-hybridized carbons (Fsp3) is 1.00. The smallest absolute Gasteiger partial charge is 0.0386 e. The van der Waals surface area contributed by atoms with Gasteiger partial charge in [0.15, 0.2) is 0 Å². The largest absolute Gasteiger partial charge is 0.0533 e. The van der Waals surface area contributed by atoms with Crippen molar-refractivity contribution in [1.82, 2.24) is 0 Å². The lowest BCUT2D eigenvalue weighted by Gasteiger charge is -2.32. The third-order valence-electron chi connectivity index (χ3n) is 4.47. The summed E-state index contributed by atoms with van der Waals surface area (Å²) in [5.41, 5.74) is 0. The molecule has 0 amide bonds. The van der Waals surface area contributed by atoms with Crippen LogP contribution in [0.25, 0.3) is 0 Å². The zero-order valence-electron chi connectivity index (χ0n) is 9.64. The Morgan fingerprint density at radius 3 is 1.07 bits per heavy atom. The Balaban J connectivity index is 1.84. The summed E-state index contributed by atoms with van der Waals surface area (Å²) in [5, 5.41) is 0. The van der Waals surface area contributed by atoms with Crippen LogP contribution < -0.4 is 0 Å². The van der Waals surface area contributed by atoms with Gasteiger partial charge in [-0.25, -0.2) is 0 Å². The summed E-state index contributed by atoms with van der Waals surface area (Å²) in [6.07, 6.45) is 18.4. The van der Waals surface area contributed by atoms with Crippen LogP contribution >= 0.6 is 0 Å². The molecule has 2 aliphatic carbocycles. The van der Waals surface area contributed by atoms with Crippen LogP contribution in [-0.2, 0) is 0 Å². The Kier molecular flexibility index (Phi) is 4.34. The average molecular weight is 194 g/mol. The van der Waals surface area contributed by atoms with Crippen LogP contribution in [0.1, 0.15) is 77.0 Å². The zero-order chi connectivity index (χ0) is 9.64. The molecule has 0 nitrogen and oxygen atoms in total. The van der Waals surface area contributed by atoms with Gasteiger partial charge in [0.05, 0.1) is 0 Å². The molecular formula is C14H26. The second-order valence-electron chi connectivity index (χ2n) is 5.50. The highest BCUT2D eigenvalue weighted by Crippen LogP contribution is 2.37. The molecule has 0 bridgehead atoms. The maximum absolute atomic E-state index is 1.56. The van der Waals surface area contributed by atoms with Crippen molar-refractivity contribution < 1.29 is 0 Å². The third-order valence-corrected chi connectivity index (χ3v) is 4.47. The van der Waals surface area contributed by atoms with Crippen molar-refractivity contribution in [3.05, 3.63) is 0 Å². The molecule has 82 valence electrons. The minimum Gasteiger partial charge on any atom is -0.0533 e. The van der Waals surface area contributed by atoms with Gasteiger partial charge in [-0.3, -0.25) is 0 Å². The molecule has 0 aromatic carbocycles. The van der Waals surface area contributed by atoms with Crippen LogP contribution in [0, 0.1) is 11.8 Å². The minimum absolute atomic E-state index is 1.13. The summed E-state index contributed by atoms with van der Waals surface area (Å²) < 4.78 is 0. The molecule has 0 N–H and O–H groups in total. The molecule has 0 heterocycles. The van der Waals surface area contributed by atoms with Gasteiger partial charge in [-0.1, -0.05) is 77.0 Å². The van der Waals surface area contributed by atoms with Gasteiger partial charge in [-0.05, 0) is 11.8 Å². The zero-order valence-corrected chi connectivity index (χ0v) is 9.64. The van der Waals surface area contributed by atoms with Crippen LogP contribution in [0.3, 0.4) is 0 Å². The lowest BCUT2D eigenvalue weighted by atomic mass is 9.74. The fourth-order valence-electron chi connectivity index (χ4n) is 3.56. The molecule has 0 spiro atoms. The number of hydrogen-bond acceptors (Lipinski definition) is 0. The van der Waals surface area contributed by atoms with Gasteiger partial charge >= 0.3 is 0 Å². The van der Waals surface area contributed by atoms with Crippen molar-refractivity contribution in [1.29, 1.82) is 0 Å². The third kappa shape index (κ3) is 3.00. The SMILES string of the molecule is C1CCCC[C@H]2CCCCC2CCC1. The van der Waals surface area contributed by atoms with E-state index in [0.717, 1.165) is 11.8 Å². The highest BCUT2D eigenvalue weighted by molar-refractivity contribution is 4.76. The first-order valence-corrected chi connectivity index (χ1v) is 6.97. The topological polar surface area (TPSA) is 0 Å². The summed E-state index contributed by atoms with van der Waals surface area (Å²) in [6.45, 7) is 0. The van der Waals surface area contributed by atoms with Crippen LogP contribution in [0.15, 0.2) is 0 Å². The molecule has 0 saturated heterocycles. The monoisotopic (exact) mass is 194 g/mol. The predicted molar refractivity (Wildman–Crippen MR) is 62.4 cm³/mol. The van der Waals surface area contributed by atoms with Gasteiger partial charge in [0.1, 0.15) is 0 Å². The first-order chi connectivity index (χ1) is 6.97. The molecular weight excluding hydrogens is 168 g/mol. The van der Waals surface area contributed by atoms with E-state index in [9.17, 15) is 0 Å². The van der Waals surface area contributed by atoms with Gasteiger partial charge in [-0.2, -0.15) is 0 Å². The van der Waals surface area contributed by atoms with E-state index >= 15 is 0 Å². The molecule has 2 saturated carbocycles. The van der Waals surface area contributed by atoms with Crippen molar-refractivity contribution in [2.45, 2.75) is 77.0 Å². The van der Waals surface area contributed by atoms with Gasteiger partial charge < -0.3 is 0 Å². The van der Waals surface area contributed by atoms with E-state index in [0.29, 0.717) is 0 Å². The van der Waals surface area contributed by atoms with Gasteiger partial charge in [0.2, 0.25) is 0 Å². The Hall–Kier alpha value is 0. The molecule has 0 aliphatic heterocycles. The standard InChI is InChI=1S/C14H26/c1-2-4-6-10-14-12-8-7-11-13(14)9-5-3-1/h13-14H,1-12H2/t13-,14?/m0/s1. The van der Waals surface area contributed by atoms with Crippen LogP contribution in [-0.4, -0.2) is 0 Å². The lowest BCUT2D eigenvalue weighted by molar-refractivity contribution is 0.198. The minimum atomic E-state index is 1.13. The van der Waals surface area contributed by atoms with E-state index < -0.39 is 0 Å². The maximum atomic E-state index is 1.56. The summed E-state index contributed by atoms with van der Waals surface area (Å²) in [4.78, 5) is 0. The van der Waals surface area contributed by atoms with Crippen molar-refractivity contribution in [2.75, 3.05) is 0 Å². The van der Waals surface area contributed by atoms with E-state index in [4.69, 9.17) is 0 Å². The highest BCUT2D eigenvalue weighted by atomic mass is 14.3. The first-order valence-electron chi connectivity index (χ1n) is 6.97. The highest BCUT2D eigenvalue weighted by Gasteiger charge is 2.24. The molecule has 2 atom stereocenters. The summed E-state index contributed by atoms with van der Waals surface area (Å²) in [7, 11) is 0. The van der Waals surface area contributed by atoms with Crippen LogP contribution in [0.5, 0.6) is 0 Å². The van der Waals surface area contributed by atoms with Crippen molar-refractivity contribution in [3.63, 3.8) is 0 Å². The van der Waals surface area contributed by atoms with Crippen LogP contribution in [0.2, 0.25) is 0 Å². The number of hydrogen-bond donors (Lipinski definition) is 0. The molecule has 2 rings (SSSR count). The molecule has 0 aromatic rings. The van der Waals surface area contributed by atoms with Gasteiger partial charge in [-0.15, -0.1) is 0 Å². The van der Waals surface area contributed by atoms with E-state index in [1.165, 1.54) is 51.4 Å². The van der Waals surface area contributed by atoms with E-state index in [-0.39, 0.29) is 0 Å². The Morgan fingerprint density at radius 1 is 0.357 bits per heavy atom. The van der Waals surface area contributed by atoms with Crippen molar-refractivity contribution in [2.24, 2.45) is 11.8 Å². The first kappa shape index (κ1) is 10.5. The normalized spacial score (nSPS) is 36.0. The van der Waals surface area contributed by atoms with E-state index in [1.54, 1.807) is 25.7 Å². The predicted octanol–water partition coefficient (Wildman–Crippen LogP) is 4.93. The molecule has 0 aromatic heterocycles. The number of rotatable bonds is 0. The number of fused-ring (bicyclic) bond motifs is 1. The van der Waals surface area contributed by atoms with Gasteiger partial charge in [0, 0.05) is 0 Å². The average Bonchev–Trinajstić information content (AvgIpc) is 2.25. The van der Waals surface area contributed by atoms with Gasteiger partial charge in [0.25, 0.3) is 0 Å². The molecule has 0 radical (unpaired) electrons. The quantitative estimate of drug-likeness (QED) is 0.513. The molecule has 2 fully saturated rings. The molecule has 2 aliphatic rings. The van der Waals surface area contributed by atoms with E-state index in [2.05, 4.69) is 0 Å². The van der Waals surface area contributed by atoms with Crippen LogP contribution in [0.4, 0.5) is 0 Å². The second-order valence-corrected chi connectivity index (χ2v) is 5.50. The molecule has 1 unspecified atom stereocenters.